The summed E-state index contributed by atoms with van der Waals surface area (Å²) < 4.78 is 6.87. The Hall–Kier alpha value is -3.39. The minimum absolute atomic E-state index is 0.126. The van der Waals surface area contributed by atoms with Gasteiger partial charge in [0.15, 0.2) is 0 Å². The van der Waals surface area contributed by atoms with E-state index >= 15 is 0 Å². The van der Waals surface area contributed by atoms with Crippen molar-refractivity contribution in [2.75, 3.05) is 0 Å². The van der Waals surface area contributed by atoms with Gasteiger partial charge in [-0.25, -0.2) is 0 Å². The van der Waals surface area contributed by atoms with Gasteiger partial charge in [0, 0.05) is 17.3 Å². The molecule has 0 radical (unpaired) electrons. The molecule has 2 heterocycles. The van der Waals surface area contributed by atoms with Gasteiger partial charge >= 0.3 is 0 Å². The normalized spacial score (nSPS) is 13.3. The van der Waals surface area contributed by atoms with E-state index in [1.54, 1.807) is 0 Å². The highest BCUT2D eigenvalue weighted by Crippen LogP contribution is 2.52. The Kier molecular flexibility index (Phi) is 4.99. The van der Waals surface area contributed by atoms with E-state index in [1.807, 2.05) is 6.20 Å². The summed E-state index contributed by atoms with van der Waals surface area (Å²) in [6, 6.07) is 20.1. The number of nitrogens with zero attached hydrogens (tertiary/aromatic N) is 1. The molecule has 2 heteroatoms. The average Bonchev–Trinajstić information content (AvgIpc) is 2.77. The van der Waals surface area contributed by atoms with E-state index in [9.17, 15) is 0 Å². The number of aromatic nitrogens is 1. The van der Waals surface area contributed by atoms with Crippen LogP contribution in [-0.2, 0) is 12.8 Å². The van der Waals surface area contributed by atoms with Crippen LogP contribution in [0.3, 0.4) is 0 Å². The number of hydrogen-bond donors (Lipinski definition) is 0. The van der Waals surface area contributed by atoms with Crippen LogP contribution in [0.15, 0.2) is 60.8 Å². The van der Waals surface area contributed by atoms with Gasteiger partial charge in [0.25, 0.3) is 0 Å². The highest BCUT2D eigenvalue weighted by Gasteiger charge is 2.29. The van der Waals surface area contributed by atoms with Crippen molar-refractivity contribution in [3.8, 4) is 22.8 Å². The smallest absolute Gasteiger partial charge is 0.140 e. The number of benzene rings is 4. The third-order valence-electron chi connectivity index (χ3n) is 7.18. The molecule has 0 atom stereocenters. The Bertz CT molecular complexity index is 1680. The second kappa shape index (κ2) is 7.80. The van der Waals surface area contributed by atoms with Crippen molar-refractivity contribution in [3.05, 3.63) is 77.5 Å². The first-order valence-electron chi connectivity index (χ1n) is 13.1. The highest BCUT2D eigenvalue weighted by atomic mass is 16.5. The molecule has 1 aliphatic heterocycles. The first kappa shape index (κ1) is 23.0. The molecule has 1 aliphatic rings. The van der Waals surface area contributed by atoms with E-state index in [0.717, 1.165) is 41.0 Å². The average molecular weight is 474 g/mol. The number of ether oxygens (including phenoxy) is 1. The van der Waals surface area contributed by atoms with Gasteiger partial charge in [-0.3, -0.25) is 4.98 Å². The van der Waals surface area contributed by atoms with Gasteiger partial charge in [0.1, 0.15) is 11.5 Å². The molecule has 0 saturated heterocycles. The van der Waals surface area contributed by atoms with Crippen LogP contribution < -0.4 is 4.74 Å². The molecule has 0 fully saturated rings. The third-order valence-corrected chi connectivity index (χ3v) is 7.18. The van der Waals surface area contributed by atoms with Gasteiger partial charge in [0.05, 0.1) is 11.1 Å². The fourth-order valence-corrected chi connectivity index (χ4v) is 5.90. The maximum atomic E-state index is 6.87. The lowest BCUT2D eigenvalue weighted by molar-refractivity contribution is 0.400. The molecule has 2 nitrogen and oxygen atoms in total. The summed E-state index contributed by atoms with van der Waals surface area (Å²) in [6.45, 7) is 16.0. The number of fused-ring (bicyclic) bond motifs is 5. The van der Waals surface area contributed by atoms with Gasteiger partial charge in [-0.1, -0.05) is 83.5 Å². The number of hydrogen-bond acceptors (Lipinski definition) is 2. The number of aryl methyl sites for hydroxylation is 1. The van der Waals surface area contributed by atoms with E-state index in [-0.39, 0.29) is 10.8 Å². The van der Waals surface area contributed by atoms with Crippen LogP contribution in [0.2, 0.25) is 0 Å². The zero-order valence-corrected chi connectivity index (χ0v) is 22.5. The molecule has 182 valence electrons. The Morgan fingerprint density at radius 2 is 1.53 bits per heavy atom. The van der Waals surface area contributed by atoms with Crippen molar-refractivity contribution in [1.29, 1.82) is 0 Å². The molecule has 0 amide bonds. The van der Waals surface area contributed by atoms with Gasteiger partial charge in [-0.2, -0.15) is 0 Å². The van der Waals surface area contributed by atoms with Crippen molar-refractivity contribution in [2.24, 2.45) is 10.8 Å². The zero-order chi connectivity index (χ0) is 25.4. The zero-order valence-electron chi connectivity index (χ0n) is 22.5. The quantitative estimate of drug-likeness (QED) is 0.233. The Balaban J connectivity index is 1.71. The molecule has 0 aliphatic carbocycles. The summed E-state index contributed by atoms with van der Waals surface area (Å²) in [7, 11) is 0. The van der Waals surface area contributed by atoms with Crippen molar-refractivity contribution in [3.63, 3.8) is 0 Å². The highest BCUT2D eigenvalue weighted by molar-refractivity contribution is 6.17. The summed E-state index contributed by atoms with van der Waals surface area (Å²) in [4.78, 5) is 4.98. The summed E-state index contributed by atoms with van der Waals surface area (Å²) in [6.07, 6.45) is 3.94. The number of pyridine rings is 1. The molecule has 0 unspecified atom stereocenters. The molecule has 6 rings (SSSR count). The van der Waals surface area contributed by atoms with Gasteiger partial charge in [-0.15, -0.1) is 0 Å². The molecule has 0 saturated carbocycles. The van der Waals surface area contributed by atoms with Crippen LogP contribution >= 0.6 is 0 Å². The Labute approximate surface area is 214 Å². The predicted molar refractivity (Wildman–Crippen MR) is 153 cm³/mol. The minimum atomic E-state index is 0.126. The molecule has 0 spiro atoms. The van der Waals surface area contributed by atoms with E-state index in [1.165, 1.54) is 43.6 Å². The molecular weight excluding hydrogens is 438 g/mol. The summed E-state index contributed by atoms with van der Waals surface area (Å²) >= 11 is 0. The summed E-state index contributed by atoms with van der Waals surface area (Å²) in [5, 5.41) is 7.46. The molecule has 0 N–H and O–H groups in total. The second-order valence-corrected chi connectivity index (χ2v) is 13.0. The van der Waals surface area contributed by atoms with E-state index in [2.05, 4.69) is 103 Å². The largest absolute Gasteiger partial charge is 0.456 e. The second-order valence-electron chi connectivity index (χ2n) is 13.0. The van der Waals surface area contributed by atoms with E-state index in [4.69, 9.17) is 9.72 Å². The standard InChI is InChI=1S/C34H35NO/c1-20-11-12-24-23(15-20)16-26-31-30-25(13-14-35-31)29-21(9-8-10-22(29)18-33(2,3)4)17-28(30)36-32(26)27(24)19-34(5,6)7/h8-17H,18-19H2,1-7H3. The predicted octanol–water partition coefficient (Wildman–Crippen LogP) is 9.80. The Morgan fingerprint density at radius 3 is 2.28 bits per heavy atom. The first-order valence-corrected chi connectivity index (χ1v) is 13.1. The van der Waals surface area contributed by atoms with Crippen molar-refractivity contribution in [1.82, 2.24) is 4.98 Å². The lowest BCUT2D eigenvalue weighted by atomic mass is 9.82. The van der Waals surface area contributed by atoms with E-state index in [0.29, 0.717) is 0 Å². The van der Waals surface area contributed by atoms with Gasteiger partial charge in [-0.05, 0) is 81.3 Å². The van der Waals surface area contributed by atoms with Crippen LogP contribution in [-0.4, -0.2) is 4.98 Å². The fourth-order valence-electron chi connectivity index (χ4n) is 5.90. The molecule has 36 heavy (non-hydrogen) atoms. The van der Waals surface area contributed by atoms with Crippen molar-refractivity contribution < 1.29 is 4.74 Å². The molecule has 4 aromatic carbocycles. The molecule has 5 aromatic rings. The maximum Gasteiger partial charge on any atom is 0.140 e. The molecule has 1 aromatic heterocycles. The van der Waals surface area contributed by atoms with Crippen LogP contribution in [0.4, 0.5) is 0 Å². The Morgan fingerprint density at radius 1 is 0.750 bits per heavy atom. The van der Waals surface area contributed by atoms with Gasteiger partial charge < -0.3 is 4.74 Å². The lowest BCUT2D eigenvalue weighted by Gasteiger charge is -2.28. The SMILES string of the molecule is Cc1ccc2c(CC(C)(C)C)c3c(cc2c1)-c1nccc2c1c(cc1cccc(CC(C)(C)C)c12)O3. The van der Waals surface area contributed by atoms with Crippen molar-refractivity contribution >= 4 is 32.3 Å². The van der Waals surface area contributed by atoms with Gasteiger partial charge in [0.2, 0.25) is 0 Å². The van der Waals surface area contributed by atoms with Crippen molar-refractivity contribution in [2.45, 2.75) is 61.3 Å². The van der Waals surface area contributed by atoms with Crippen LogP contribution in [0.25, 0.3) is 43.6 Å². The first-order chi connectivity index (χ1) is 17.0. The lowest BCUT2D eigenvalue weighted by Crippen LogP contribution is -2.12. The van der Waals surface area contributed by atoms with Crippen LogP contribution in [0.5, 0.6) is 11.5 Å². The van der Waals surface area contributed by atoms with E-state index < -0.39 is 0 Å². The minimum Gasteiger partial charge on any atom is -0.456 e. The van der Waals surface area contributed by atoms with Crippen LogP contribution in [0.1, 0.15) is 58.2 Å². The summed E-state index contributed by atoms with van der Waals surface area (Å²) in [5.74, 6) is 1.89. The molecule has 0 bridgehead atoms. The topological polar surface area (TPSA) is 22.1 Å². The third kappa shape index (κ3) is 3.84. The monoisotopic (exact) mass is 473 g/mol. The maximum absolute atomic E-state index is 6.87. The number of rotatable bonds is 2. The van der Waals surface area contributed by atoms with Crippen LogP contribution in [0, 0.1) is 17.8 Å². The summed E-state index contributed by atoms with van der Waals surface area (Å²) in [5.41, 5.74) is 6.41. The fraction of sp³-hybridized carbons (Fsp3) is 0.324. The molecular formula is C34H35NO.